The summed E-state index contributed by atoms with van der Waals surface area (Å²) < 4.78 is 14.5. The SMILES string of the molecule is CSc1cc(Br)cc(Br)c1F. The molecular formula is C7H5Br2FS. The summed E-state index contributed by atoms with van der Waals surface area (Å²) in [5.41, 5.74) is 0. The van der Waals surface area contributed by atoms with Crippen LogP contribution >= 0.6 is 43.6 Å². The van der Waals surface area contributed by atoms with Crippen LogP contribution in [-0.4, -0.2) is 6.26 Å². The third-order valence-corrected chi connectivity index (χ3v) is 2.95. The van der Waals surface area contributed by atoms with Gasteiger partial charge in [0.25, 0.3) is 0 Å². The summed E-state index contributed by atoms with van der Waals surface area (Å²) in [4.78, 5) is 0.645. The van der Waals surface area contributed by atoms with Gasteiger partial charge in [-0.1, -0.05) is 15.9 Å². The highest BCUT2D eigenvalue weighted by molar-refractivity contribution is 9.11. The number of rotatable bonds is 1. The van der Waals surface area contributed by atoms with Crippen molar-refractivity contribution in [1.29, 1.82) is 0 Å². The average Bonchev–Trinajstić information content (AvgIpc) is 1.96. The Morgan fingerprint density at radius 2 is 2.00 bits per heavy atom. The molecule has 60 valence electrons. The maximum atomic E-state index is 13.1. The van der Waals surface area contributed by atoms with Crippen LogP contribution in [0.25, 0.3) is 0 Å². The monoisotopic (exact) mass is 298 g/mol. The Bertz CT molecular complexity index is 275. The second kappa shape index (κ2) is 3.92. The molecule has 0 radical (unpaired) electrons. The minimum Gasteiger partial charge on any atom is -0.205 e. The number of halogens is 3. The van der Waals surface area contributed by atoms with Crippen molar-refractivity contribution in [3.05, 3.63) is 26.9 Å². The molecule has 0 aliphatic carbocycles. The molecule has 0 heterocycles. The van der Waals surface area contributed by atoms with Gasteiger partial charge in [-0.3, -0.25) is 0 Å². The molecule has 0 N–H and O–H groups in total. The Labute approximate surface area is 85.8 Å². The molecule has 1 aromatic carbocycles. The van der Waals surface area contributed by atoms with E-state index in [1.54, 1.807) is 12.1 Å². The van der Waals surface area contributed by atoms with Crippen molar-refractivity contribution in [2.75, 3.05) is 6.26 Å². The Hall–Kier alpha value is 0.460. The lowest BCUT2D eigenvalue weighted by Gasteiger charge is -2.01. The van der Waals surface area contributed by atoms with Crippen LogP contribution in [0.5, 0.6) is 0 Å². The molecule has 4 heteroatoms. The molecule has 11 heavy (non-hydrogen) atoms. The second-order valence-electron chi connectivity index (χ2n) is 1.90. The maximum Gasteiger partial charge on any atom is 0.150 e. The van der Waals surface area contributed by atoms with Crippen molar-refractivity contribution in [2.45, 2.75) is 4.90 Å². The highest BCUT2D eigenvalue weighted by Gasteiger charge is 2.06. The number of hydrogen-bond acceptors (Lipinski definition) is 1. The first kappa shape index (κ1) is 9.55. The quantitative estimate of drug-likeness (QED) is 0.556. The van der Waals surface area contributed by atoms with E-state index in [2.05, 4.69) is 31.9 Å². The molecule has 0 spiro atoms. The van der Waals surface area contributed by atoms with E-state index in [-0.39, 0.29) is 5.82 Å². The second-order valence-corrected chi connectivity index (χ2v) is 4.52. The third-order valence-electron chi connectivity index (χ3n) is 1.18. The third kappa shape index (κ3) is 2.20. The molecule has 1 aromatic rings. The van der Waals surface area contributed by atoms with Crippen LogP contribution in [0.15, 0.2) is 26.0 Å². The fourth-order valence-electron chi connectivity index (χ4n) is 0.681. The molecule has 0 amide bonds. The van der Waals surface area contributed by atoms with Crippen molar-refractivity contribution in [2.24, 2.45) is 0 Å². The summed E-state index contributed by atoms with van der Waals surface area (Å²) in [6.07, 6.45) is 1.84. The van der Waals surface area contributed by atoms with Crippen LogP contribution in [-0.2, 0) is 0 Å². The zero-order chi connectivity index (χ0) is 8.43. The Balaban J connectivity index is 3.24. The van der Waals surface area contributed by atoms with Crippen LogP contribution in [0, 0.1) is 5.82 Å². The van der Waals surface area contributed by atoms with Crippen LogP contribution in [0.2, 0.25) is 0 Å². The van der Waals surface area contributed by atoms with Crippen LogP contribution < -0.4 is 0 Å². The molecule has 0 saturated heterocycles. The fraction of sp³-hybridized carbons (Fsp3) is 0.143. The zero-order valence-corrected chi connectivity index (χ0v) is 9.69. The summed E-state index contributed by atoms with van der Waals surface area (Å²) in [6.45, 7) is 0. The summed E-state index contributed by atoms with van der Waals surface area (Å²) in [7, 11) is 0. The Morgan fingerprint density at radius 1 is 1.36 bits per heavy atom. The van der Waals surface area contributed by atoms with E-state index in [1.165, 1.54) is 11.8 Å². The van der Waals surface area contributed by atoms with E-state index < -0.39 is 0 Å². The lowest BCUT2D eigenvalue weighted by atomic mass is 10.3. The predicted octanol–water partition coefficient (Wildman–Crippen LogP) is 4.07. The van der Waals surface area contributed by atoms with Gasteiger partial charge in [-0.2, -0.15) is 0 Å². The molecule has 0 atom stereocenters. The average molecular weight is 300 g/mol. The highest BCUT2D eigenvalue weighted by atomic mass is 79.9. The standard InChI is InChI=1S/C7H5Br2FS/c1-11-6-3-4(8)2-5(9)7(6)10/h2-3H,1H3. The zero-order valence-electron chi connectivity index (χ0n) is 5.70. The summed E-state index contributed by atoms with van der Waals surface area (Å²) in [5, 5.41) is 0. The minimum atomic E-state index is -0.194. The highest BCUT2D eigenvalue weighted by Crippen LogP contribution is 2.29. The normalized spacial score (nSPS) is 10.2. The van der Waals surface area contributed by atoms with Gasteiger partial charge in [0.2, 0.25) is 0 Å². The first-order chi connectivity index (χ1) is 5.15. The van der Waals surface area contributed by atoms with E-state index in [0.717, 1.165) is 4.47 Å². The number of hydrogen-bond donors (Lipinski definition) is 0. The lowest BCUT2D eigenvalue weighted by molar-refractivity contribution is 0.595. The molecule has 0 bridgehead atoms. The van der Waals surface area contributed by atoms with Crippen molar-refractivity contribution in [3.8, 4) is 0 Å². The van der Waals surface area contributed by atoms with Gasteiger partial charge in [0, 0.05) is 9.37 Å². The van der Waals surface area contributed by atoms with Crippen molar-refractivity contribution in [3.63, 3.8) is 0 Å². The van der Waals surface area contributed by atoms with Gasteiger partial charge < -0.3 is 0 Å². The van der Waals surface area contributed by atoms with Gasteiger partial charge >= 0.3 is 0 Å². The van der Waals surface area contributed by atoms with Crippen LogP contribution in [0.3, 0.4) is 0 Å². The number of thioether (sulfide) groups is 1. The molecule has 0 saturated carbocycles. The largest absolute Gasteiger partial charge is 0.205 e. The van der Waals surface area contributed by atoms with Crippen molar-refractivity contribution >= 4 is 43.6 Å². The Kier molecular flexibility index (Phi) is 3.40. The molecule has 0 nitrogen and oxygen atoms in total. The summed E-state index contributed by atoms with van der Waals surface area (Å²) in [5.74, 6) is -0.194. The molecule has 1 rings (SSSR count). The van der Waals surface area contributed by atoms with Gasteiger partial charge in [-0.15, -0.1) is 11.8 Å². The van der Waals surface area contributed by atoms with Gasteiger partial charge in [-0.25, -0.2) is 4.39 Å². The topological polar surface area (TPSA) is 0 Å². The fourth-order valence-corrected chi connectivity index (χ4v) is 2.72. The van der Waals surface area contributed by atoms with Gasteiger partial charge in [0.1, 0.15) is 0 Å². The van der Waals surface area contributed by atoms with E-state index in [1.807, 2.05) is 6.26 Å². The summed E-state index contributed by atoms with van der Waals surface area (Å²) >= 11 is 7.79. The first-order valence-electron chi connectivity index (χ1n) is 2.83. The molecule has 0 fully saturated rings. The lowest BCUT2D eigenvalue weighted by Crippen LogP contribution is -1.82. The summed E-state index contributed by atoms with van der Waals surface area (Å²) in [6, 6.07) is 3.44. The van der Waals surface area contributed by atoms with Crippen LogP contribution in [0.4, 0.5) is 4.39 Å². The number of benzene rings is 1. The Morgan fingerprint density at radius 3 is 2.55 bits per heavy atom. The molecule has 0 aliphatic heterocycles. The van der Waals surface area contributed by atoms with E-state index in [9.17, 15) is 4.39 Å². The maximum absolute atomic E-state index is 13.1. The predicted molar refractivity (Wildman–Crippen MR) is 53.6 cm³/mol. The van der Waals surface area contributed by atoms with E-state index in [4.69, 9.17) is 0 Å². The van der Waals surface area contributed by atoms with Gasteiger partial charge in [0.05, 0.1) is 4.47 Å². The molecular weight excluding hydrogens is 295 g/mol. The van der Waals surface area contributed by atoms with E-state index in [0.29, 0.717) is 9.37 Å². The van der Waals surface area contributed by atoms with Gasteiger partial charge in [-0.05, 0) is 34.3 Å². The molecule has 0 aromatic heterocycles. The van der Waals surface area contributed by atoms with Crippen molar-refractivity contribution in [1.82, 2.24) is 0 Å². The molecule has 0 aliphatic rings. The van der Waals surface area contributed by atoms with Crippen molar-refractivity contribution < 1.29 is 4.39 Å². The van der Waals surface area contributed by atoms with Crippen LogP contribution in [0.1, 0.15) is 0 Å². The first-order valence-corrected chi connectivity index (χ1v) is 5.64. The van der Waals surface area contributed by atoms with Gasteiger partial charge in [0.15, 0.2) is 5.82 Å². The smallest absolute Gasteiger partial charge is 0.150 e. The minimum absolute atomic E-state index is 0.194. The molecule has 0 unspecified atom stereocenters. The van der Waals surface area contributed by atoms with E-state index >= 15 is 0 Å².